The van der Waals surface area contributed by atoms with Gasteiger partial charge in [0.25, 0.3) is 5.91 Å². The van der Waals surface area contributed by atoms with Crippen LogP contribution >= 0.6 is 23.2 Å². The van der Waals surface area contributed by atoms with E-state index in [2.05, 4.69) is 5.32 Å². The predicted molar refractivity (Wildman–Crippen MR) is 97.3 cm³/mol. The summed E-state index contributed by atoms with van der Waals surface area (Å²) in [5.41, 5.74) is 0.911. The summed E-state index contributed by atoms with van der Waals surface area (Å²) < 4.78 is 10.3. The Balaban J connectivity index is 1.81. The zero-order valence-electron chi connectivity index (χ0n) is 13.7. The van der Waals surface area contributed by atoms with Crippen LogP contribution in [0.25, 0.3) is 0 Å². The number of ether oxygens (including phenoxy) is 2. The normalized spacial score (nSPS) is 11.2. The SMILES string of the molecule is C[C@@H](Oc1ccc(C#N)cc1)C(=O)OCC(=O)Nc1ccc(Cl)c(Cl)c1. The standard InChI is InChI=1S/C18H14Cl2N2O4/c1-11(26-14-5-2-12(9-21)3-6-14)18(24)25-10-17(23)22-13-4-7-15(19)16(20)8-13/h2-8,11H,10H2,1H3,(H,22,23)/t11-/m1/s1. The van der Waals surface area contributed by atoms with Crippen molar-refractivity contribution >= 4 is 40.8 Å². The van der Waals surface area contributed by atoms with Crippen molar-refractivity contribution in [3.05, 3.63) is 58.1 Å². The topological polar surface area (TPSA) is 88.4 Å². The molecule has 2 aromatic rings. The van der Waals surface area contributed by atoms with Crippen molar-refractivity contribution in [1.29, 1.82) is 5.26 Å². The second-order valence-electron chi connectivity index (χ2n) is 5.18. The molecule has 1 atom stereocenters. The Morgan fingerprint density at radius 2 is 1.85 bits per heavy atom. The highest BCUT2D eigenvalue weighted by atomic mass is 35.5. The van der Waals surface area contributed by atoms with E-state index in [4.69, 9.17) is 37.9 Å². The molecule has 2 aromatic carbocycles. The zero-order valence-corrected chi connectivity index (χ0v) is 15.2. The molecule has 0 spiro atoms. The first-order valence-electron chi connectivity index (χ1n) is 7.47. The number of anilines is 1. The summed E-state index contributed by atoms with van der Waals surface area (Å²) in [5, 5.41) is 11.9. The van der Waals surface area contributed by atoms with Crippen molar-refractivity contribution in [3.63, 3.8) is 0 Å². The number of amides is 1. The van der Waals surface area contributed by atoms with Crippen molar-refractivity contribution in [3.8, 4) is 11.8 Å². The molecule has 1 amide bonds. The van der Waals surface area contributed by atoms with Crippen LogP contribution in [0.3, 0.4) is 0 Å². The molecule has 0 saturated carbocycles. The average molecular weight is 393 g/mol. The van der Waals surface area contributed by atoms with Crippen LogP contribution in [-0.4, -0.2) is 24.6 Å². The Labute approximate surface area is 160 Å². The summed E-state index contributed by atoms with van der Waals surface area (Å²) in [4.78, 5) is 23.7. The van der Waals surface area contributed by atoms with E-state index >= 15 is 0 Å². The average Bonchev–Trinajstić information content (AvgIpc) is 2.63. The lowest BCUT2D eigenvalue weighted by Gasteiger charge is -2.14. The maximum atomic E-state index is 11.9. The molecule has 26 heavy (non-hydrogen) atoms. The van der Waals surface area contributed by atoms with Crippen LogP contribution < -0.4 is 10.1 Å². The van der Waals surface area contributed by atoms with Crippen molar-refractivity contribution in [2.75, 3.05) is 11.9 Å². The van der Waals surface area contributed by atoms with Crippen LogP contribution in [0.2, 0.25) is 10.0 Å². The lowest BCUT2D eigenvalue weighted by atomic mass is 10.2. The minimum absolute atomic E-state index is 0.297. The monoisotopic (exact) mass is 392 g/mol. The van der Waals surface area contributed by atoms with Gasteiger partial charge < -0.3 is 14.8 Å². The fourth-order valence-corrected chi connectivity index (χ4v) is 2.18. The summed E-state index contributed by atoms with van der Waals surface area (Å²) in [6.45, 7) is 1.03. The maximum absolute atomic E-state index is 11.9. The minimum Gasteiger partial charge on any atom is -0.479 e. The van der Waals surface area contributed by atoms with Gasteiger partial charge in [0.2, 0.25) is 0 Å². The Hall–Kier alpha value is -2.75. The van der Waals surface area contributed by atoms with Crippen LogP contribution in [0.5, 0.6) is 5.75 Å². The number of rotatable bonds is 6. The summed E-state index contributed by atoms with van der Waals surface area (Å²) in [6, 6.07) is 12.9. The van der Waals surface area contributed by atoms with Gasteiger partial charge in [-0.05, 0) is 49.4 Å². The third kappa shape index (κ3) is 5.66. The molecule has 0 radical (unpaired) electrons. The van der Waals surface area contributed by atoms with Crippen LogP contribution in [-0.2, 0) is 14.3 Å². The van der Waals surface area contributed by atoms with Gasteiger partial charge in [-0.3, -0.25) is 4.79 Å². The highest BCUT2D eigenvalue weighted by Gasteiger charge is 2.18. The number of halogens is 2. The van der Waals surface area contributed by atoms with Crippen LogP contribution in [0.4, 0.5) is 5.69 Å². The molecule has 0 saturated heterocycles. The van der Waals surface area contributed by atoms with Crippen molar-refractivity contribution in [1.82, 2.24) is 0 Å². The fraction of sp³-hybridized carbons (Fsp3) is 0.167. The molecule has 0 bridgehead atoms. The Kier molecular flexibility index (Phi) is 6.84. The molecule has 2 rings (SSSR count). The molecular weight excluding hydrogens is 379 g/mol. The smallest absolute Gasteiger partial charge is 0.347 e. The van der Waals surface area contributed by atoms with E-state index in [0.717, 1.165) is 0 Å². The van der Waals surface area contributed by atoms with Gasteiger partial charge in [-0.25, -0.2) is 4.79 Å². The summed E-state index contributed by atoms with van der Waals surface area (Å²) in [6.07, 6.45) is -0.916. The second kappa shape index (κ2) is 9.09. The minimum atomic E-state index is -0.916. The number of nitriles is 1. The molecule has 0 aliphatic rings. The van der Waals surface area contributed by atoms with E-state index in [-0.39, 0.29) is 0 Å². The van der Waals surface area contributed by atoms with Gasteiger partial charge >= 0.3 is 5.97 Å². The van der Waals surface area contributed by atoms with Crippen LogP contribution in [0, 0.1) is 11.3 Å². The van der Waals surface area contributed by atoms with Crippen molar-refractivity contribution < 1.29 is 19.1 Å². The molecule has 0 fully saturated rings. The number of hydrogen-bond acceptors (Lipinski definition) is 5. The molecule has 8 heteroatoms. The number of nitrogens with zero attached hydrogens (tertiary/aromatic N) is 1. The Bertz CT molecular complexity index is 847. The van der Waals surface area contributed by atoms with E-state index in [0.29, 0.717) is 27.0 Å². The first-order chi connectivity index (χ1) is 12.4. The fourth-order valence-electron chi connectivity index (χ4n) is 1.89. The zero-order chi connectivity index (χ0) is 19.1. The number of benzene rings is 2. The number of esters is 1. The van der Waals surface area contributed by atoms with Crippen LogP contribution in [0.15, 0.2) is 42.5 Å². The predicted octanol–water partition coefficient (Wildman–Crippen LogP) is 3.81. The Morgan fingerprint density at radius 1 is 1.15 bits per heavy atom. The number of nitrogens with one attached hydrogen (secondary N) is 1. The van der Waals surface area contributed by atoms with Gasteiger partial charge in [0.15, 0.2) is 12.7 Å². The largest absolute Gasteiger partial charge is 0.479 e. The lowest BCUT2D eigenvalue weighted by Crippen LogP contribution is -2.29. The van der Waals surface area contributed by atoms with Crippen molar-refractivity contribution in [2.45, 2.75) is 13.0 Å². The van der Waals surface area contributed by atoms with E-state index in [1.54, 1.807) is 36.4 Å². The number of carbonyl (C=O) groups excluding carboxylic acids is 2. The van der Waals surface area contributed by atoms with E-state index in [1.165, 1.54) is 13.0 Å². The first-order valence-corrected chi connectivity index (χ1v) is 8.23. The van der Waals surface area contributed by atoms with E-state index < -0.39 is 24.6 Å². The molecule has 0 aliphatic heterocycles. The third-order valence-corrected chi connectivity index (χ3v) is 3.92. The van der Waals surface area contributed by atoms with Gasteiger partial charge in [-0.15, -0.1) is 0 Å². The molecule has 1 N–H and O–H groups in total. The molecule has 0 aromatic heterocycles. The number of carbonyl (C=O) groups is 2. The lowest BCUT2D eigenvalue weighted by molar-refractivity contribution is -0.153. The molecule has 0 aliphatic carbocycles. The summed E-state index contributed by atoms with van der Waals surface area (Å²) in [7, 11) is 0. The summed E-state index contributed by atoms with van der Waals surface area (Å²) in [5.74, 6) is -0.810. The molecule has 6 nitrogen and oxygen atoms in total. The quantitative estimate of drug-likeness (QED) is 0.754. The second-order valence-corrected chi connectivity index (χ2v) is 6.00. The molecular formula is C18H14Cl2N2O4. The van der Waals surface area contributed by atoms with Gasteiger partial charge in [-0.1, -0.05) is 23.2 Å². The van der Waals surface area contributed by atoms with Gasteiger partial charge in [0.05, 0.1) is 21.7 Å². The van der Waals surface area contributed by atoms with Gasteiger partial charge in [-0.2, -0.15) is 5.26 Å². The van der Waals surface area contributed by atoms with E-state index in [1.807, 2.05) is 6.07 Å². The maximum Gasteiger partial charge on any atom is 0.347 e. The first kappa shape index (κ1) is 19.6. The van der Waals surface area contributed by atoms with Crippen LogP contribution in [0.1, 0.15) is 12.5 Å². The molecule has 0 heterocycles. The highest BCUT2D eigenvalue weighted by Crippen LogP contribution is 2.24. The van der Waals surface area contributed by atoms with Gasteiger partial charge in [0, 0.05) is 5.69 Å². The highest BCUT2D eigenvalue weighted by molar-refractivity contribution is 6.42. The van der Waals surface area contributed by atoms with Crippen molar-refractivity contribution in [2.24, 2.45) is 0 Å². The summed E-state index contributed by atoms with van der Waals surface area (Å²) >= 11 is 11.7. The number of hydrogen-bond donors (Lipinski definition) is 1. The van der Waals surface area contributed by atoms with Gasteiger partial charge in [0.1, 0.15) is 5.75 Å². The third-order valence-electron chi connectivity index (χ3n) is 3.18. The molecule has 0 unspecified atom stereocenters. The Morgan fingerprint density at radius 3 is 2.46 bits per heavy atom. The van der Waals surface area contributed by atoms with E-state index in [9.17, 15) is 9.59 Å². The molecule has 134 valence electrons.